The molecule has 0 saturated carbocycles. The minimum absolute atomic E-state index is 0.133. The van der Waals surface area contributed by atoms with Crippen molar-refractivity contribution in [3.63, 3.8) is 0 Å². The van der Waals surface area contributed by atoms with Gasteiger partial charge in [0.15, 0.2) is 0 Å². The quantitative estimate of drug-likeness (QED) is 0.311. The molecule has 0 fully saturated rings. The first kappa shape index (κ1) is 31.4. The van der Waals surface area contributed by atoms with Crippen LogP contribution < -0.4 is 9.62 Å². The predicted octanol–water partition coefficient (Wildman–Crippen LogP) is 5.33. The molecule has 3 rings (SSSR count). The van der Waals surface area contributed by atoms with E-state index in [4.69, 9.17) is 0 Å². The second-order valence-corrected chi connectivity index (χ2v) is 13.7. The highest BCUT2D eigenvalue weighted by Gasteiger charge is 2.34. The van der Waals surface area contributed by atoms with Gasteiger partial charge in [-0.05, 0) is 62.1 Å². The number of anilines is 1. The molecule has 0 saturated heterocycles. The third-order valence-corrected chi connectivity index (χ3v) is 8.01. The third kappa shape index (κ3) is 8.93. The van der Waals surface area contributed by atoms with Crippen LogP contribution in [0.25, 0.3) is 0 Å². The molecule has 0 radical (unpaired) electrons. The molecule has 9 heteroatoms. The van der Waals surface area contributed by atoms with E-state index in [0.29, 0.717) is 12.1 Å². The van der Waals surface area contributed by atoms with Crippen molar-refractivity contribution in [1.29, 1.82) is 0 Å². The zero-order chi connectivity index (χ0) is 29.5. The highest BCUT2D eigenvalue weighted by molar-refractivity contribution is 9.10. The predicted molar refractivity (Wildman–Crippen MR) is 165 cm³/mol. The van der Waals surface area contributed by atoms with E-state index in [1.807, 2.05) is 94.4 Å². The van der Waals surface area contributed by atoms with Gasteiger partial charge in [0.2, 0.25) is 21.8 Å². The maximum atomic E-state index is 14.2. The number of hydrogen-bond acceptors (Lipinski definition) is 4. The number of rotatable bonds is 11. The van der Waals surface area contributed by atoms with Gasteiger partial charge < -0.3 is 10.2 Å². The lowest BCUT2D eigenvalue weighted by Crippen LogP contribution is -2.56. The van der Waals surface area contributed by atoms with Crippen LogP contribution >= 0.6 is 15.9 Å². The first-order valence-corrected chi connectivity index (χ1v) is 15.9. The van der Waals surface area contributed by atoms with Crippen LogP contribution in [0, 0.1) is 0 Å². The van der Waals surface area contributed by atoms with Gasteiger partial charge in [-0.1, -0.05) is 83.5 Å². The molecule has 214 valence electrons. The number of amides is 2. The molecule has 0 unspecified atom stereocenters. The van der Waals surface area contributed by atoms with E-state index in [0.717, 1.165) is 31.7 Å². The Kier molecular flexibility index (Phi) is 10.6. The van der Waals surface area contributed by atoms with Crippen molar-refractivity contribution >= 4 is 43.5 Å². The summed E-state index contributed by atoms with van der Waals surface area (Å²) in [6.07, 6.45) is 1.97. The number of nitrogens with one attached hydrogen (secondary N) is 1. The molecule has 0 aliphatic heterocycles. The molecule has 3 aromatic rings. The molecule has 1 atom stereocenters. The van der Waals surface area contributed by atoms with E-state index in [-0.39, 0.29) is 18.9 Å². The summed E-state index contributed by atoms with van der Waals surface area (Å²) in [4.78, 5) is 29.4. The number of carbonyl (C=O) groups is 2. The summed E-state index contributed by atoms with van der Waals surface area (Å²) in [7, 11) is -3.81. The summed E-state index contributed by atoms with van der Waals surface area (Å²) in [6, 6.07) is 23.3. The number of benzene rings is 3. The van der Waals surface area contributed by atoms with E-state index >= 15 is 0 Å². The Morgan fingerprint density at radius 3 is 2.08 bits per heavy atom. The minimum atomic E-state index is -3.81. The highest BCUT2D eigenvalue weighted by atomic mass is 79.9. The van der Waals surface area contributed by atoms with Gasteiger partial charge in [-0.2, -0.15) is 0 Å². The van der Waals surface area contributed by atoms with Crippen molar-refractivity contribution in [1.82, 2.24) is 10.2 Å². The lowest BCUT2D eigenvalue weighted by atomic mass is 10.0. The van der Waals surface area contributed by atoms with Crippen molar-refractivity contribution < 1.29 is 18.0 Å². The summed E-state index contributed by atoms with van der Waals surface area (Å²) in [5, 5.41) is 3.03. The molecular weight excluding hydrogens is 590 g/mol. The number of aryl methyl sites for hydroxylation is 1. The highest BCUT2D eigenvalue weighted by Crippen LogP contribution is 2.25. The zero-order valence-corrected chi connectivity index (χ0v) is 26.1. The minimum Gasteiger partial charge on any atom is -0.350 e. The number of para-hydroxylation sites is 1. The van der Waals surface area contributed by atoms with Crippen molar-refractivity contribution in [2.75, 3.05) is 17.1 Å². The molecule has 0 aromatic heterocycles. The third-order valence-electron chi connectivity index (χ3n) is 6.36. The summed E-state index contributed by atoms with van der Waals surface area (Å²) in [6.45, 7) is 7.30. The molecule has 0 heterocycles. The fraction of sp³-hybridized carbons (Fsp3) is 0.355. The van der Waals surface area contributed by atoms with Crippen molar-refractivity contribution in [3.8, 4) is 0 Å². The van der Waals surface area contributed by atoms with Crippen LogP contribution in [0.15, 0.2) is 83.3 Å². The Morgan fingerprint density at radius 2 is 1.50 bits per heavy atom. The maximum absolute atomic E-state index is 14.2. The lowest BCUT2D eigenvalue weighted by Gasteiger charge is -2.35. The zero-order valence-electron chi connectivity index (χ0n) is 23.7. The van der Waals surface area contributed by atoms with E-state index in [1.54, 1.807) is 12.1 Å². The number of nitrogens with zero attached hydrogens (tertiary/aromatic N) is 2. The topological polar surface area (TPSA) is 86.8 Å². The molecule has 1 N–H and O–H groups in total. The van der Waals surface area contributed by atoms with Crippen LogP contribution in [0.2, 0.25) is 0 Å². The molecule has 0 spiro atoms. The van der Waals surface area contributed by atoms with Crippen LogP contribution in [0.4, 0.5) is 5.69 Å². The van der Waals surface area contributed by atoms with Crippen LogP contribution in [-0.4, -0.2) is 49.5 Å². The average Bonchev–Trinajstić information content (AvgIpc) is 2.89. The SMILES string of the molecule is CCc1ccccc1N(CC(=O)N(Cc1ccc(Br)cc1)[C@@H](Cc1ccccc1)C(=O)NC(C)(C)C)S(C)(=O)=O. The molecule has 0 aliphatic carbocycles. The average molecular weight is 629 g/mol. The van der Waals surface area contributed by atoms with Crippen molar-refractivity contribution in [2.45, 2.75) is 58.7 Å². The monoisotopic (exact) mass is 627 g/mol. The van der Waals surface area contributed by atoms with Crippen LogP contribution in [0.3, 0.4) is 0 Å². The fourth-order valence-electron chi connectivity index (χ4n) is 4.44. The summed E-state index contributed by atoms with van der Waals surface area (Å²) < 4.78 is 28.0. The van der Waals surface area contributed by atoms with Gasteiger partial charge in [-0.3, -0.25) is 13.9 Å². The molecule has 3 aromatic carbocycles. The Morgan fingerprint density at radius 1 is 0.900 bits per heavy atom. The van der Waals surface area contributed by atoms with Crippen LogP contribution in [0.1, 0.15) is 44.4 Å². The number of halogens is 1. The van der Waals surface area contributed by atoms with Gasteiger partial charge in [0.1, 0.15) is 12.6 Å². The smallest absolute Gasteiger partial charge is 0.244 e. The van der Waals surface area contributed by atoms with E-state index in [9.17, 15) is 18.0 Å². The van der Waals surface area contributed by atoms with E-state index < -0.39 is 34.1 Å². The lowest BCUT2D eigenvalue weighted by molar-refractivity contribution is -0.140. The van der Waals surface area contributed by atoms with E-state index in [2.05, 4.69) is 21.2 Å². The van der Waals surface area contributed by atoms with Gasteiger partial charge in [0, 0.05) is 23.0 Å². The number of hydrogen-bond donors (Lipinski definition) is 1. The Hall–Kier alpha value is -3.17. The summed E-state index contributed by atoms with van der Waals surface area (Å²) >= 11 is 3.45. The van der Waals surface area contributed by atoms with Gasteiger partial charge in [0.25, 0.3) is 0 Å². The second kappa shape index (κ2) is 13.5. The van der Waals surface area contributed by atoms with Crippen molar-refractivity contribution in [2.24, 2.45) is 0 Å². The largest absolute Gasteiger partial charge is 0.350 e. The summed E-state index contributed by atoms with van der Waals surface area (Å²) in [5.74, 6) is -0.772. The standard InChI is InChI=1S/C31H38BrN3O4S/c1-6-25-14-10-11-15-27(25)35(40(5,38)39)22-29(36)34(21-24-16-18-26(32)19-17-24)28(30(37)33-31(2,3)4)20-23-12-8-7-9-13-23/h7-19,28H,6,20-22H2,1-5H3,(H,33,37)/t28-/m0/s1. The van der Waals surface area contributed by atoms with Crippen molar-refractivity contribution in [3.05, 3.63) is 100 Å². The normalized spacial score (nSPS) is 12.4. The van der Waals surface area contributed by atoms with Gasteiger partial charge in [-0.25, -0.2) is 8.42 Å². The van der Waals surface area contributed by atoms with Gasteiger partial charge >= 0.3 is 0 Å². The first-order valence-electron chi connectivity index (χ1n) is 13.2. The van der Waals surface area contributed by atoms with E-state index in [1.165, 1.54) is 4.90 Å². The van der Waals surface area contributed by atoms with Crippen LogP contribution in [0.5, 0.6) is 0 Å². The van der Waals surface area contributed by atoms with Crippen LogP contribution in [-0.2, 0) is 39.0 Å². The Balaban J connectivity index is 2.09. The molecule has 2 amide bonds. The molecule has 7 nitrogen and oxygen atoms in total. The maximum Gasteiger partial charge on any atom is 0.244 e. The second-order valence-electron chi connectivity index (χ2n) is 10.8. The first-order chi connectivity index (χ1) is 18.8. The fourth-order valence-corrected chi connectivity index (χ4v) is 5.59. The molecular formula is C31H38BrN3O4S. The number of carbonyl (C=O) groups excluding carboxylic acids is 2. The molecule has 40 heavy (non-hydrogen) atoms. The number of sulfonamides is 1. The molecule has 0 bridgehead atoms. The van der Waals surface area contributed by atoms with Gasteiger partial charge in [-0.15, -0.1) is 0 Å². The molecule has 0 aliphatic rings. The van der Waals surface area contributed by atoms with Gasteiger partial charge in [0.05, 0.1) is 11.9 Å². The Labute approximate surface area is 246 Å². The Bertz CT molecular complexity index is 1400. The summed E-state index contributed by atoms with van der Waals surface area (Å²) in [5.41, 5.74) is 2.45.